The lowest BCUT2D eigenvalue weighted by Crippen LogP contribution is -2.64. The molecule has 2 aliphatic rings. The summed E-state index contributed by atoms with van der Waals surface area (Å²) in [6.45, 7) is 0.0523. The van der Waals surface area contributed by atoms with Crippen LogP contribution in [0.5, 0.6) is 0 Å². The predicted molar refractivity (Wildman–Crippen MR) is 67.1 cm³/mol. The van der Waals surface area contributed by atoms with E-state index < -0.39 is 56.3 Å². The molecule has 0 bridgehead atoms. The second-order valence-electron chi connectivity index (χ2n) is 5.32. The molecule has 0 saturated carbocycles. The molecule has 2 heterocycles. The van der Waals surface area contributed by atoms with Crippen LogP contribution in [0.3, 0.4) is 0 Å². The Bertz CT molecular complexity index is 507. The number of carbonyl (C=O) groups is 2. The third-order valence-electron chi connectivity index (χ3n) is 3.82. The maximum atomic E-state index is 11.8. The number of carbonyl (C=O) groups excluding carboxylic acids is 2. The van der Waals surface area contributed by atoms with Gasteiger partial charge >= 0.3 is 13.6 Å². The van der Waals surface area contributed by atoms with Gasteiger partial charge in [0.2, 0.25) is 5.91 Å². The molecule has 11 heteroatoms. The molecule has 0 aromatic heterocycles. The summed E-state index contributed by atoms with van der Waals surface area (Å²) >= 11 is 0. The lowest BCUT2D eigenvalue weighted by atomic mass is 10.1. The highest BCUT2D eigenvalue weighted by atomic mass is 31.2. The van der Waals surface area contributed by atoms with Crippen LogP contribution in [0.15, 0.2) is 0 Å². The van der Waals surface area contributed by atoms with E-state index in [1.54, 1.807) is 0 Å². The molecule has 0 aliphatic carbocycles. The van der Waals surface area contributed by atoms with Crippen LogP contribution in [0.1, 0.15) is 13.3 Å². The summed E-state index contributed by atoms with van der Waals surface area (Å²) in [6.07, 6.45) is -2.89. The highest BCUT2D eigenvalue weighted by molar-refractivity contribution is 7.54. The van der Waals surface area contributed by atoms with Crippen LogP contribution in [0.2, 0.25) is 0 Å². The minimum absolute atomic E-state index is 0.0237. The molecular formula is C10H17N2O8P. The van der Waals surface area contributed by atoms with Crippen molar-refractivity contribution in [3.63, 3.8) is 0 Å². The fraction of sp³-hybridized carbons (Fsp3) is 0.800. The third kappa shape index (κ3) is 2.70. The SMILES string of the molecule is CC1(P(=O)(O)O)CN([C@H]2CC(O)[C@@H](CO)O2)C(=O)NC1=O. The Kier molecular flexibility index (Phi) is 4.13. The molecule has 2 fully saturated rings. The summed E-state index contributed by atoms with van der Waals surface area (Å²) in [4.78, 5) is 43.2. The van der Waals surface area contributed by atoms with Crippen molar-refractivity contribution < 1.29 is 38.9 Å². The second-order valence-corrected chi connectivity index (χ2v) is 7.39. The zero-order valence-electron chi connectivity index (χ0n) is 11.2. The first-order valence-corrected chi connectivity index (χ1v) is 7.83. The number of aliphatic hydroxyl groups excluding tert-OH is 2. The summed E-state index contributed by atoms with van der Waals surface area (Å²) in [5.74, 6) is -1.06. The molecule has 2 rings (SSSR count). The first-order valence-electron chi connectivity index (χ1n) is 6.22. The van der Waals surface area contributed by atoms with E-state index in [9.17, 15) is 29.0 Å². The van der Waals surface area contributed by atoms with Gasteiger partial charge in [-0.15, -0.1) is 0 Å². The number of aliphatic hydroxyl groups is 2. The molecule has 0 radical (unpaired) electrons. The van der Waals surface area contributed by atoms with Crippen molar-refractivity contribution in [2.24, 2.45) is 0 Å². The van der Waals surface area contributed by atoms with Gasteiger partial charge in [0.15, 0.2) is 5.16 Å². The van der Waals surface area contributed by atoms with Crippen molar-refractivity contribution in [3.8, 4) is 0 Å². The monoisotopic (exact) mass is 324 g/mol. The van der Waals surface area contributed by atoms with Gasteiger partial charge in [-0.2, -0.15) is 0 Å². The van der Waals surface area contributed by atoms with Gasteiger partial charge in [-0.25, -0.2) is 4.79 Å². The Morgan fingerprint density at radius 1 is 1.48 bits per heavy atom. The number of nitrogens with zero attached hydrogens (tertiary/aromatic N) is 1. The van der Waals surface area contributed by atoms with Crippen LogP contribution >= 0.6 is 7.60 Å². The number of nitrogens with one attached hydrogen (secondary N) is 1. The summed E-state index contributed by atoms with van der Waals surface area (Å²) < 4.78 is 16.8. The van der Waals surface area contributed by atoms with E-state index in [1.165, 1.54) is 0 Å². The Morgan fingerprint density at radius 2 is 2.10 bits per heavy atom. The molecule has 3 amide bonds. The number of rotatable bonds is 3. The normalized spacial score (nSPS) is 37.8. The molecule has 0 aromatic carbocycles. The zero-order chi connectivity index (χ0) is 16.0. The van der Waals surface area contributed by atoms with E-state index in [-0.39, 0.29) is 6.42 Å². The maximum absolute atomic E-state index is 11.8. The van der Waals surface area contributed by atoms with Crippen molar-refractivity contribution >= 4 is 19.5 Å². The average molecular weight is 324 g/mol. The molecule has 2 aliphatic heterocycles. The highest BCUT2D eigenvalue weighted by Gasteiger charge is 2.56. The second kappa shape index (κ2) is 5.31. The van der Waals surface area contributed by atoms with Crippen LogP contribution in [0.4, 0.5) is 4.79 Å². The lowest BCUT2D eigenvalue weighted by Gasteiger charge is -2.41. The van der Waals surface area contributed by atoms with Gasteiger partial charge in [0.05, 0.1) is 19.3 Å². The van der Waals surface area contributed by atoms with Gasteiger partial charge < -0.3 is 24.7 Å². The predicted octanol–water partition coefficient (Wildman–Crippen LogP) is -2.06. The van der Waals surface area contributed by atoms with E-state index in [2.05, 4.69) is 0 Å². The molecule has 2 saturated heterocycles. The largest absolute Gasteiger partial charge is 0.394 e. The van der Waals surface area contributed by atoms with Gasteiger partial charge in [0.25, 0.3) is 0 Å². The number of urea groups is 1. The van der Waals surface area contributed by atoms with Gasteiger partial charge in [0.1, 0.15) is 12.3 Å². The van der Waals surface area contributed by atoms with Crippen LogP contribution < -0.4 is 5.32 Å². The minimum atomic E-state index is -4.82. The summed E-state index contributed by atoms with van der Waals surface area (Å²) in [6, 6.07) is -0.860. The number of ether oxygens (including phenoxy) is 1. The van der Waals surface area contributed by atoms with E-state index in [1.807, 2.05) is 5.32 Å². The molecule has 0 aromatic rings. The maximum Gasteiger partial charge on any atom is 0.342 e. The molecule has 2 unspecified atom stereocenters. The van der Waals surface area contributed by atoms with Crippen molar-refractivity contribution in [3.05, 3.63) is 0 Å². The van der Waals surface area contributed by atoms with Gasteiger partial charge in [-0.3, -0.25) is 19.6 Å². The number of amides is 3. The average Bonchev–Trinajstić information content (AvgIpc) is 2.73. The third-order valence-corrected chi connectivity index (χ3v) is 5.45. The van der Waals surface area contributed by atoms with Crippen molar-refractivity contribution in [1.82, 2.24) is 10.2 Å². The van der Waals surface area contributed by atoms with Crippen molar-refractivity contribution in [2.75, 3.05) is 13.2 Å². The topological polar surface area (TPSA) is 157 Å². The van der Waals surface area contributed by atoms with E-state index >= 15 is 0 Å². The van der Waals surface area contributed by atoms with Crippen LogP contribution in [0.25, 0.3) is 0 Å². The number of hydrogen-bond acceptors (Lipinski definition) is 6. The van der Waals surface area contributed by atoms with Crippen LogP contribution in [-0.2, 0) is 14.1 Å². The number of imide groups is 1. The van der Waals surface area contributed by atoms with Crippen LogP contribution in [-0.4, -0.2) is 73.6 Å². The molecular weight excluding hydrogens is 307 g/mol. The lowest BCUT2D eigenvalue weighted by molar-refractivity contribution is -0.127. The Morgan fingerprint density at radius 3 is 2.57 bits per heavy atom. The smallest absolute Gasteiger partial charge is 0.342 e. The van der Waals surface area contributed by atoms with E-state index in [0.29, 0.717) is 0 Å². The molecule has 5 N–H and O–H groups in total. The summed E-state index contributed by atoms with van der Waals surface area (Å²) in [5.41, 5.74) is 0. The van der Waals surface area contributed by atoms with Crippen molar-refractivity contribution in [2.45, 2.75) is 36.9 Å². The molecule has 10 nitrogen and oxygen atoms in total. The summed E-state index contributed by atoms with van der Waals surface area (Å²) in [5, 5.41) is 18.5. The fourth-order valence-electron chi connectivity index (χ4n) is 2.31. The first kappa shape index (κ1) is 16.3. The summed E-state index contributed by atoms with van der Waals surface area (Å²) in [7, 11) is -4.82. The fourth-order valence-corrected chi connectivity index (χ4v) is 2.96. The highest BCUT2D eigenvalue weighted by Crippen LogP contribution is 2.52. The quantitative estimate of drug-likeness (QED) is 0.371. The van der Waals surface area contributed by atoms with Crippen LogP contribution in [0, 0.1) is 0 Å². The van der Waals surface area contributed by atoms with Gasteiger partial charge in [-0.1, -0.05) is 0 Å². The molecule has 4 atom stereocenters. The van der Waals surface area contributed by atoms with Crippen molar-refractivity contribution in [1.29, 1.82) is 0 Å². The van der Waals surface area contributed by atoms with E-state index in [4.69, 9.17) is 9.84 Å². The zero-order valence-corrected chi connectivity index (χ0v) is 12.1. The molecule has 0 spiro atoms. The molecule has 21 heavy (non-hydrogen) atoms. The Hall–Kier alpha value is -1.03. The molecule has 120 valence electrons. The Labute approximate surface area is 119 Å². The van der Waals surface area contributed by atoms with E-state index in [0.717, 1.165) is 11.8 Å². The van der Waals surface area contributed by atoms with Gasteiger partial charge in [-0.05, 0) is 6.92 Å². The standard InChI is InChI=1S/C10H17N2O8P/c1-10(21(17,18)19)4-12(9(16)11-8(10)15)7-2-5(14)6(3-13)20-7/h5-7,13-14H,2-4H2,1H3,(H,11,15,16)(H2,17,18,19)/t5?,6-,7-,10?/m1/s1. The first-order chi connectivity index (χ1) is 9.60. The van der Waals surface area contributed by atoms with Gasteiger partial charge in [0, 0.05) is 6.42 Å². The Balaban J connectivity index is 2.23. The number of hydrogen-bond donors (Lipinski definition) is 5. The minimum Gasteiger partial charge on any atom is -0.394 e.